The highest BCUT2D eigenvalue weighted by molar-refractivity contribution is 7.89. The number of hydrogen-bond donors (Lipinski definition) is 0. The summed E-state index contributed by atoms with van der Waals surface area (Å²) in [6.45, 7) is 4.79. The van der Waals surface area contributed by atoms with Crippen molar-refractivity contribution in [1.29, 1.82) is 0 Å². The van der Waals surface area contributed by atoms with Gasteiger partial charge in [-0.25, -0.2) is 17.2 Å². The molecule has 0 N–H and O–H groups in total. The van der Waals surface area contributed by atoms with Crippen LogP contribution in [0.25, 0.3) is 0 Å². The molecule has 3 atom stereocenters. The molecule has 7 heteroatoms. The zero-order chi connectivity index (χ0) is 19.9. The van der Waals surface area contributed by atoms with Gasteiger partial charge in [0.05, 0.1) is 4.90 Å². The van der Waals surface area contributed by atoms with Crippen molar-refractivity contribution in [1.82, 2.24) is 9.21 Å². The van der Waals surface area contributed by atoms with Gasteiger partial charge in [-0.15, -0.1) is 0 Å². The fourth-order valence-electron chi connectivity index (χ4n) is 4.44. The van der Waals surface area contributed by atoms with Crippen LogP contribution in [-0.2, 0) is 10.0 Å². The quantitative estimate of drug-likeness (QED) is 0.764. The second-order valence-corrected chi connectivity index (χ2v) is 9.79. The fourth-order valence-corrected chi connectivity index (χ4v) is 5.99. The molecule has 4 nitrogen and oxygen atoms in total. The van der Waals surface area contributed by atoms with E-state index in [4.69, 9.17) is 0 Å². The molecule has 0 amide bonds. The molecule has 0 aromatic heterocycles. The van der Waals surface area contributed by atoms with Crippen LogP contribution in [-0.4, -0.2) is 49.8 Å². The largest absolute Gasteiger partial charge is 0.299 e. The van der Waals surface area contributed by atoms with Crippen LogP contribution in [0.1, 0.15) is 24.8 Å². The lowest BCUT2D eigenvalue weighted by Gasteiger charge is -2.53. The number of hydrogen-bond acceptors (Lipinski definition) is 3. The van der Waals surface area contributed by atoms with Crippen molar-refractivity contribution < 1.29 is 17.2 Å². The Morgan fingerprint density at radius 1 is 1.07 bits per heavy atom. The molecule has 2 aliphatic heterocycles. The molecule has 0 bridgehead atoms. The second-order valence-electron chi connectivity index (χ2n) is 7.85. The van der Waals surface area contributed by atoms with E-state index in [1.807, 2.05) is 18.2 Å². The molecule has 0 aliphatic carbocycles. The lowest BCUT2D eigenvalue weighted by molar-refractivity contribution is -0.0272. The minimum Gasteiger partial charge on any atom is -0.299 e. The molecule has 2 heterocycles. The minimum absolute atomic E-state index is 0.268. The van der Waals surface area contributed by atoms with Gasteiger partial charge in [-0.3, -0.25) is 4.90 Å². The smallest absolute Gasteiger partial charge is 0.243 e. The second kappa shape index (κ2) is 7.54. The number of halogens is 2. The van der Waals surface area contributed by atoms with E-state index in [2.05, 4.69) is 24.0 Å². The van der Waals surface area contributed by atoms with Crippen molar-refractivity contribution in [2.75, 3.05) is 26.2 Å². The summed E-state index contributed by atoms with van der Waals surface area (Å²) in [6.07, 6.45) is 0.739. The van der Waals surface area contributed by atoms with Gasteiger partial charge in [-0.05, 0) is 30.0 Å². The Hall–Kier alpha value is -1.83. The van der Waals surface area contributed by atoms with E-state index in [-0.39, 0.29) is 10.8 Å². The van der Waals surface area contributed by atoms with Gasteiger partial charge in [0.25, 0.3) is 0 Å². The number of rotatable bonds is 5. The monoisotopic (exact) mass is 406 g/mol. The number of sulfonamides is 1. The lowest BCUT2D eigenvalue weighted by Crippen LogP contribution is -2.64. The Morgan fingerprint density at radius 2 is 1.75 bits per heavy atom. The number of nitrogens with zero attached hydrogens (tertiary/aromatic N) is 2. The number of fused-ring (bicyclic) bond motifs is 1. The Bertz CT molecular complexity index is 932. The summed E-state index contributed by atoms with van der Waals surface area (Å²) in [6, 6.07) is 13.2. The minimum atomic E-state index is -3.88. The molecule has 0 unspecified atom stereocenters. The van der Waals surface area contributed by atoms with Gasteiger partial charge in [-0.1, -0.05) is 37.3 Å². The first-order valence-corrected chi connectivity index (χ1v) is 11.0. The third-order valence-electron chi connectivity index (χ3n) is 5.95. The van der Waals surface area contributed by atoms with Gasteiger partial charge in [0, 0.05) is 44.2 Å². The molecule has 2 aromatic carbocycles. The zero-order valence-electron chi connectivity index (χ0n) is 15.8. The van der Waals surface area contributed by atoms with E-state index >= 15 is 0 Å². The number of benzene rings is 2. The van der Waals surface area contributed by atoms with Crippen LogP contribution in [0.15, 0.2) is 53.4 Å². The number of likely N-dealkylation sites (tertiary alicyclic amines) is 1. The summed E-state index contributed by atoms with van der Waals surface area (Å²) in [5.74, 6) is -1.07. The highest BCUT2D eigenvalue weighted by atomic mass is 32.2. The summed E-state index contributed by atoms with van der Waals surface area (Å²) in [5.41, 5.74) is 1.30. The maximum atomic E-state index is 13.5. The van der Waals surface area contributed by atoms with E-state index in [0.717, 1.165) is 31.6 Å². The van der Waals surface area contributed by atoms with Gasteiger partial charge < -0.3 is 0 Å². The maximum absolute atomic E-state index is 13.5. The van der Waals surface area contributed by atoms with E-state index in [0.29, 0.717) is 31.1 Å². The predicted octanol–water partition coefficient (Wildman–Crippen LogP) is 3.46. The molecule has 28 heavy (non-hydrogen) atoms. The highest BCUT2D eigenvalue weighted by Gasteiger charge is 2.45. The third-order valence-corrected chi connectivity index (χ3v) is 7.79. The van der Waals surface area contributed by atoms with Gasteiger partial charge in [0.1, 0.15) is 11.6 Å². The summed E-state index contributed by atoms with van der Waals surface area (Å²) in [7, 11) is -3.88. The van der Waals surface area contributed by atoms with Crippen LogP contribution in [0, 0.1) is 17.6 Å². The molecule has 4 rings (SSSR count). The predicted molar refractivity (Wildman–Crippen MR) is 103 cm³/mol. The van der Waals surface area contributed by atoms with Crippen molar-refractivity contribution in [2.45, 2.75) is 30.2 Å². The summed E-state index contributed by atoms with van der Waals surface area (Å²) < 4.78 is 53.9. The molecule has 0 saturated carbocycles. The summed E-state index contributed by atoms with van der Waals surface area (Å²) in [4.78, 5) is 2.12. The molecular weight excluding hydrogens is 382 g/mol. The Balaban J connectivity index is 1.39. The molecule has 2 fully saturated rings. The fraction of sp³-hybridized carbons (Fsp3) is 0.429. The first-order valence-electron chi connectivity index (χ1n) is 9.60. The molecule has 0 spiro atoms. The maximum Gasteiger partial charge on any atom is 0.243 e. The van der Waals surface area contributed by atoms with Gasteiger partial charge in [0.2, 0.25) is 10.0 Å². The first-order chi connectivity index (χ1) is 13.3. The summed E-state index contributed by atoms with van der Waals surface area (Å²) >= 11 is 0. The standard InChI is InChI=1S/C21H24F2N2O2S/c1-15(16-5-3-2-4-6-16)12-24-13-17-14-25(8-7-21(17)24)28(26,27)20-10-18(22)9-19(23)11-20/h2-6,9-11,15,17,21H,7-8,12-14H2,1H3/t15-,17+,21+/m1/s1. The van der Waals surface area contributed by atoms with E-state index < -0.39 is 21.7 Å². The van der Waals surface area contributed by atoms with E-state index in [9.17, 15) is 17.2 Å². The van der Waals surface area contributed by atoms with Crippen molar-refractivity contribution in [3.05, 3.63) is 65.7 Å². The van der Waals surface area contributed by atoms with Crippen LogP contribution in [0.2, 0.25) is 0 Å². The highest BCUT2D eigenvalue weighted by Crippen LogP contribution is 2.36. The normalized spacial score (nSPS) is 24.4. The molecule has 150 valence electrons. The van der Waals surface area contributed by atoms with E-state index in [1.54, 1.807) is 0 Å². The molecule has 2 aliphatic rings. The Morgan fingerprint density at radius 3 is 2.39 bits per heavy atom. The van der Waals surface area contributed by atoms with Gasteiger partial charge in [-0.2, -0.15) is 4.31 Å². The molecule has 0 radical (unpaired) electrons. The van der Waals surface area contributed by atoms with Crippen LogP contribution in [0.5, 0.6) is 0 Å². The third kappa shape index (κ3) is 3.71. The van der Waals surface area contributed by atoms with Crippen molar-refractivity contribution in [3.8, 4) is 0 Å². The Labute approximate surface area is 164 Å². The average Bonchev–Trinajstić information content (AvgIpc) is 2.65. The molecular formula is C21H24F2N2O2S. The average molecular weight is 406 g/mol. The van der Waals surface area contributed by atoms with E-state index in [1.165, 1.54) is 9.87 Å². The van der Waals surface area contributed by atoms with Gasteiger partial charge >= 0.3 is 0 Å². The topological polar surface area (TPSA) is 40.6 Å². The summed E-state index contributed by atoms with van der Waals surface area (Å²) in [5, 5.41) is 0. The van der Waals surface area contributed by atoms with Crippen molar-refractivity contribution in [2.24, 2.45) is 5.92 Å². The zero-order valence-corrected chi connectivity index (χ0v) is 16.6. The SMILES string of the molecule is C[C@H](CN1C[C@H]2CN(S(=O)(=O)c3cc(F)cc(F)c3)CC[C@@H]21)c1ccccc1. The van der Waals surface area contributed by atoms with Crippen LogP contribution in [0.3, 0.4) is 0 Å². The van der Waals surface area contributed by atoms with Crippen molar-refractivity contribution in [3.63, 3.8) is 0 Å². The van der Waals surface area contributed by atoms with Gasteiger partial charge in [0.15, 0.2) is 0 Å². The van der Waals surface area contributed by atoms with Crippen LogP contribution < -0.4 is 0 Å². The Kier molecular flexibility index (Phi) is 5.24. The molecule has 2 saturated heterocycles. The van der Waals surface area contributed by atoms with Crippen molar-refractivity contribution >= 4 is 10.0 Å². The van der Waals surface area contributed by atoms with Crippen LogP contribution >= 0.6 is 0 Å². The molecule has 2 aromatic rings. The first kappa shape index (κ1) is 19.5. The van der Waals surface area contributed by atoms with Crippen LogP contribution in [0.4, 0.5) is 8.78 Å². The lowest BCUT2D eigenvalue weighted by atomic mass is 9.82. The number of piperidine rings is 1.